The first-order chi connectivity index (χ1) is 11.3. The maximum absolute atomic E-state index is 11.2. The van der Waals surface area contributed by atoms with Crippen LogP contribution >= 0.6 is 15.9 Å². The summed E-state index contributed by atoms with van der Waals surface area (Å²) in [6, 6.07) is 6.40. The van der Waals surface area contributed by atoms with Gasteiger partial charge in [-0.3, -0.25) is 0 Å². The Hall–Kier alpha value is -1.95. The molecule has 0 aliphatic heterocycles. The van der Waals surface area contributed by atoms with Crippen LogP contribution in [0.15, 0.2) is 22.7 Å². The molecule has 0 saturated heterocycles. The quantitative estimate of drug-likeness (QED) is 0.765. The molecular weight excluding hydrogens is 370 g/mol. The van der Waals surface area contributed by atoms with Crippen LogP contribution in [0.3, 0.4) is 0 Å². The molecule has 24 heavy (non-hydrogen) atoms. The normalized spacial score (nSPS) is 10.9. The lowest BCUT2D eigenvalue weighted by molar-refractivity contribution is 0.0689. The number of hydrogen-bond donors (Lipinski definition) is 2. The summed E-state index contributed by atoms with van der Waals surface area (Å²) in [5.41, 5.74) is 3.80. The van der Waals surface area contributed by atoms with Crippen LogP contribution in [0.4, 0.5) is 5.95 Å². The smallest absolute Gasteiger partial charge is 0.354 e. The zero-order valence-corrected chi connectivity index (χ0v) is 15.9. The van der Waals surface area contributed by atoms with Gasteiger partial charge in [-0.2, -0.15) is 0 Å². The molecular formula is C18H22BrN3O2. The Balaban J connectivity index is 2.06. The van der Waals surface area contributed by atoms with Crippen molar-refractivity contribution >= 4 is 27.8 Å². The Morgan fingerprint density at radius 1 is 1.29 bits per heavy atom. The van der Waals surface area contributed by atoms with Crippen LogP contribution in [0, 0.1) is 13.8 Å². The molecule has 0 unspecified atom stereocenters. The number of carboxylic acids is 1. The minimum Gasteiger partial charge on any atom is -0.476 e. The number of hydrogen-bond acceptors (Lipinski definition) is 4. The van der Waals surface area contributed by atoms with Crippen LogP contribution < -0.4 is 5.32 Å². The fourth-order valence-electron chi connectivity index (χ4n) is 2.35. The molecule has 0 radical (unpaired) electrons. The largest absolute Gasteiger partial charge is 0.476 e. The van der Waals surface area contributed by atoms with Gasteiger partial charge >= 0.3 is 5.97 Å². The van der Waals surface area contributed by atoms with E-state index in [1.165, 1.54) is 11.1 Å². The van der Waals surface area contributed by atoms with E-state index in [-0.39, 0.29) is 5.69 Å². The van der Waals surface area contributed by atoms with Gasteiger partial charge in [0.25, 0.3) is 0 Å². The Bertz CT molecular complexity index is 760. The van der Waals surface area contributed by atoms with Crippen LogP contribution in [0.25, 0.3) is 0 Å². The van der Waals surface area contributed by atoms with Crippen molar-refractivity contribution in [2.45, 2.75) is 40.0 Å². The van der Waals surface area contributed by atoms with Gasteiger partial charge < -0.3 is 10.4 Å². The summed E-state index contributed by atoms with van der Waals surface area (Å²) in [4.78, 5) is 19.6. The van der Waals surface area contributed by atoms with Gasteiger partial charge in [0, 0.05) is 22.3 Å². The summed E-state index contributed by atoms with van der Waals surface area (Å²) >= 11 is 3.62. The topological polar surface area (TPSA) is 75.1 Å². The summed E-state index contributed by atoms with van der Waals surface area (Å²) in [5.74, 6) is -0.189. The monoisotopic (exact) mass is 391 g/mol. The number of carboxylic acid groups (broad SMARTS) is 1. The second kappa shape index (κ2) is 7.75. The van der Waals surface area contributed by atoms with Crippen molar-refractivity contribution in [1.29, 1.82) is 0 Å². The highest BCUT2D eigenvalue weighted by molar-refractivity contribution is 9.10. The van der Waals surface area contributed by atoms with Gasteiger partial charge in [-0.25, -0.2) is 14.8 Å². The van der Waals surface area contributed by atoms with Crippen LogP contribution in [0.5, 0.6) is 0 Å². The van der Waals surface area contributed by atoms with Crippen molar-refractivity contribution in [2.24, 2.45) is 0 Å². The minimum absolute atomic E-state index is 0.0486. The molecule has 128 valence electrons. The highest BCUT2D eigenvalue weighted by Crippen LogP contribution is 2.23. The standard InChI is InChI=1S/C18H22BrN3O2/c1-10(2)14-6-5-13(15(19)9-14)7-8-20-18-21-12(4)11(3)16(22-18)17(23)24/h5-6,9-10H,7-8H2,1-4H3,(H,23,24)(H,20,21,22). The molecule has 6 heteroatoms. The Kier molecular flexibility index (Phi) is 5.94. The van der Waals surface area contributed by atoms with Crippen molar-refractivity contribution in [1.82, 2.24) is 9.97 Å². The van der Waals surface area contributed by atoms with Crippen molar-refractivity contribution in [3.05, 3.63) is 50.8 Å². The summed E-state index contributed by atoms with van der Waals surface area (Å²) in [5, 5.41) is 12.3. The first kappa shape index (κ1) is 18.4. The predicted molar refractivity (Wildman–Crippen MR) is 98.9 cm³/mol. The van der Waals surface area contributed by atoms with E-state index in [0.29, 0.717) is 29.7 Å². The van der Waals surface area contributed by atoms with Gasteiger partial charge in [0.2, 0.25) is 5.95 Å². The molecule has 2 aromatic rings. The summed E-state index contributed by atoms with van der Waals surface area (Å²) in [6.07, 6.45) is 0.789. The molecule has 0 aliphatic carbocycles. The molecule has 0 bridgehead atoms. The molecule has 0 amide bonds. The van der Waals surface area contributed by atoms with E-state index >= 15 is 0 Å². The number of aromatic carboxylic acids is 1. The van der Waals surface area contributed by atoms with Crippen molar-refractivity contribution in [3.8, 4) is 0 Å². The number of halogens is 1. The van der Waals surface area contributed by atoms with Crippen molar-refractivity contribution in [3.63, 3.8) is 0 Å². The molecule has 0 spiro atoms. The van der Waals surface area contributed by atoms with Crippen LogP contribution in [0.1, 0.15) is 52.6 Å². The average Bonchev–Trinajstić information content (AvgIpc) is 2.51. The zero-order chi connectivity index (χ0) is 17.9. The minimum atomic E-state index is -1.03. The first-order valence-electron chi connectivity index (χ1n) is 7.90. The van der Waals surface area contributed by atoms with Crippen LogP contribution in [-0.4, -0.2) is 27.6 Å². The highest BCUT2D eigenvalue weighted by atomic mass is 79.9. The number of carbonyl (C=O) groups is 1. The number of anilines is 1. The van der Waals surface area contributed by atoms with E-state index in [1.54, 1.807) is 13.8 Å². The lowest BCUT2D eigenvalue weighted by atomic mass is 10.0. The third kappa shape index (κ3) is 4.32. The van der Waals surface area contributed by atoms with Gasteiger partial charge in [-0.1, -0.05) is 41.9 Å². The fourth-order valence-corrected chi connectivity index (χ4v) is 2.95. The summed E-state index contributed by atoms with van der Waals surface area (Å²) < 4.78 is 1.09. The van der Waals surface area contributed by atoms with Gasteiger partial charge in [-0.15, -0.1) is 0 Å². The molecule has 2 N–H and O–H groups in total. The molecule has 5 nitrogen and oxygen atoms in total. The average molecular weight is 392 g/mol. The molecule has 0 aliphatic rings. The second-order valence-electron chi connectivity index (χ2n) is 6.09. The van der Waals surface area contributed by atoms with E-state index in [4.69, 9.17) is 0 Å². The van der Waals surface area contributed by atoms with E-state index in [2.05, 4.69) is 63.3 Å². The Labute approximate surface area is 150 Å². The van der Waals surface area contributed by atoms with Crippen molar-refractivity contribution < 1.29 is 9.90 Å². The predicted octanol–water partition coefficient (Wildman–Crippen LogP) is 4.33. The number of nitrogens with one attached hydrogen (secondary N) is 1. The number of nitrogens with zero attached hydrogens (tertiary/aromatic N) is 2. The SMILES string of the molecule is Cc1nc(NCCc2ccc(C(C)C)cc2Br)nc(C(=O)O)c1C. The lowest BCUT2D eigenvalue weighted by Gasteiger charge is -2.11. The molecule has 0 atom stereocenters. The number of aryl methyl sites for hydroxylation is 1. The molecule has 1 aromatic heterocycles. The Morgan fingerprint density at radius 3 is 2.58 bits per heavy atom. The van der Waals surface area contributed by atoms with Gasteiger partial charge in [0.1, 0.15) is 0 Å². The van der Waals surface area contributed by atoms with Crippen LogP contribution in [-0.2, 0) is 6.42 Å². The molecule has 2 rings (SSSR count). The molecule has 0 fully saturated rings. The molecule has 0 saturated carbocycles. The van der Waals surface area contributed by atoms with Crippen molar-refractivity contribution in [2.75, 3.05) is 11.9 Å². The number of benzene rings is 1. The zero-order valence-electron chi connectivity index (χ0n) is 14.4. The second-order valence-corrected chi connectivity index (χ2v) is 6.95. The maximum atomic E-state index is 11.2. The fraction of sp³-hybridized carbons (Fsp3) is 0.389. The van der Waals surface area contributed by atoms with Crippen LogP contribution in [0.2, 0.25) is 0 Å². The van der Waals surface area contributed by atoms with Gasteiger partial charge in [0.05, 0.1) is 0 Å². The summed E-state index contributed by atoms with van der Waals surface area (Å²) in [6.45, 7) is 8.47. The van der Waals surface area contributed by atoms with E-state index < -0.39 is 5.97 Å². The van der Waals surface area contributed by atoms with E-state index in [0.717, 1.165) is 10.9 Å². The number of rotatable bonds is 6. The van der Waals surface area contributed by atoms with E-state index in [1.807, 2.05) is 0 Å². The van der Waals surface area contributed by atoms with E-state index in [9.17, 15) is 9.90 Å². The molecule has 1 heterocycles. The lowest BCUT2D eigenvalue weighted by Crippen LogP contribution is -2.13. The van der Waals surface area contributed by atoms with Gasteiger partial charge in [0.15, 0.2) is 5.69 Å². The Morgan fingerprint density at radius 2 is 2.00 bits per heavy atom. The summed E-state index contributed by atoms with van der Waals surface area (Å²) in [7, 11) is 0. The third-order valence-corrected chi connectivity index (χ3v) is 4.75. The highest BCUT2D eigenvalue weighted by Gasteiger charge is 2.14. The molecule has 1 aromatic carbocycles. The third-order valence-electron chi connectivity index (χ3n) is 4.01. The number of aromatic nitrogens is 2. The van der Waals surface area contributed by atoms with Gasteiger partial charge in [-0.05, 0) is 43.4 Å². The maximum Gasteiger partial charge on any atom is 0.354 e. The first-order valence-corrected chi connectivity index (χ1v) is 8.69.